The number of fused-ring (bicyclic) bond motifs is 1. The normalized spacial score (nSPS) is 16.8. The van der Waals surface area contributed by atoms with Gasteiger partial charge in [0.05, 0.1) is 24.9 Å². The van der Waals surface area contributed by atoms with Crippen LogP contribution in [0.25, 0.3) is 11.3 Å². The summed E-state index contributed by atoms with van der Waals surface area (Å²) < 4.78 is 7.95. The lowest BCUT2D eigenvalue weighted by atomic mass is 10.1. The maximum atomic E-state index is 5.99. The van der Waals surface area contributed by atoms with Crippen LogP contribution >= 0.6 is 0 Å². The molecule has 3 heterocycles. The highest BCUT2D eigenvalue weighted by Crippen LogP contribution is 2.24. The third-order valence-electron chi connectivity index (χ3n) is 4.17. The molecule has 2 aromatic heterocycles. The van der Waals surface area contributed by atoms with Crippen molar-refractivity contribution in [2.45, 2.75) is 25.8 Å². The highest BCUT2D eigenvalue weighted by molar-refractivity contribution is 5.61. The number of rotatable bonds is 5. The van der Waals surface area contributed by atoms with E-state index in [4.69, 9.17) is 4.74 Å². The van der Waals surface area contributed by atoms with Gasteiger partial charge in [0, 0.05) is 31.0 Å². The topological polar surface area (TPSA) is 64.9 Å². The molecular formula is C18H19N5O. The monoisotopic (exact) mass is 321 g/mol. The summed E-state index contributed by atoms with van der Waals surface area (Å²) in [7, 11) is 0. The maximum absolute atomic E-state index is 5.99. The zero-order chi connectivity index (χ0) is 16.2. The molecule has 24 heavy (non-hydrogen) atoms. The summed E-state index contributed by atoms with van der Waals surface area (Å²) in [6.07, 6.45) is 3.71. The zero-order valence-electron chi connectivity index (χ0n) is 13.3. The van der Waals surface area contributed by atoms with Gasteiger partial charge in [-0.15, -0.1) is 5.10 Å². The molecule has 0 radical (unpaired) electrons. The third kappa shape index (κ3) is 3.20. The van der Waals surface area contributed by atoms with E-state index in [1.165, 1.54) is 5.56 Å². The molecule has 3 aromatic rings. The summed E-state index contributed by atoms with van der Waals surface area (Å²) in [6, 6.07) is 14.1. The van der Waals surface area contributed by atoms with Crippen molar-refractivity contribution in [1.82, 2.24) is 25.3 Å². The molecule has 0 bridgehead atoms. The lowest BCUT2D eigenvalue weighted by molar-refractivity contribution is 0.00125. The Balaban J connectivity index is 1.37. The first-order valence-electron chi connectivity index (χ1n) is 8.09. The van der Waals surface area contributed by atoms with Crippen molar-refractivity contribution < 1.29 is 4.74 Å². The van der Waals surface area contributed by atoms with Crippen LogP contribution in [0.5, 0.6) is 0 Å². The van der Waals surface area contributed by atoms with Crippen LogP contribution in [0.15, 0.2) is 54.9 Å². The summed E-state index contributed by atoms with van der Waals surface area (Å²) >= 11 is 0. The number of hydrogen-bond acceptors (Lipinski definition) is 5. The second kappa shape index (κ2) is 6.90. The quantitative estimate of drug-likeness (QED) is 0.779. The standard InChI is InChI=1S/C18H19N5O/c1-2-4-15(5-3-1)18-17-13-24-16(12-23(17)22-21-18)11-20-10-14-6-8-19-9-7-14/h1-9,16,20H,10-13H2/t16-/m0/s1. The Bertz CT molecular complexity index is 788. The van der Waals surface area contributed by atoms with Gasteiger partial charge in [-0.05, 0) is 17.7 Å². The SMILES string of the molecule is c1ccc(-c2nnn3c2CO[C@@H](CNCc2ccncc2)C3)cc1. The number of hydrogen-bond donors (Lipinski definition) is 1. The van der Waals surface area contributed by atoms with E-state index in [-0.39, 0.29) is 6.10 Å². The molecule has 6 heteroatoms. The van der Waals surface area contributed by atoms with Gasteiger partial charge in [0.15, 0.2) is 0 Å². The van der Waals surface area contributed by atoms with Gasteiger partial charge in [0.1, 0.15) is 5.69 Å². The van der Waals surface area contributed by atoms with Crippen LogP contribution in [-0.2, 0) is 24.4 Å². The van der Waals surface area contributed by atoms with Gasteiger partial charge in [0.2, 0.25) is 0 Å². The predicted molar refractivity (Wildman–Crippen MR) is 90.0 cm³/mol. The highest BCUT2D eigenvalue weighted by Gasteiger charge is 2.23. The van der Waals surface area contributed by atoms with Crippen molar-refractivity contribution in [3.63, 3.8) is 0 Å². The Morgan fingerprint density at radius 1 is 1.12 bits per heavy atom. The third-order valence-corrected chi connectivity index (χ3v) is 4.17. The molecule has 1 aliphatic heterocycles. The fourth-order valence-corrected chi connectivity index (χ4v) is 2.89. The van der Waals surface area contributed by atoms with Gasteiger partial charge in [0.25, 0.3) is 0 Å². The fourth-order valence-electron chi connectivity index (χ4n) is 2.89. The number of nitrogens with one attached hydrogen (secondary N) is 1. The van der Waals surface area contributed by atoms with Crippen molar-refractivity contribution in [2.75, 3.05) is 6.54 Å². The van der Waals surface area contributed by atoms with Crippen molar-refractivity contribution in [3.8, 4) is 11.3 Å². The Morgan fingerprint density at radius 2 is 1.96 bits per heavy atom. The summed E-state index contributed by atoms with van der Waals surface area (Å²) in [5, 5.41) is 12.1. The lowest BCUT2D eigenvalue weighted by Crippen LogP contribution is -2.36. The van der Waals surface area contributed by atoms with Crippen molar-refractivity contribution >= 4 is 0 Å². The molecule has 6 nitrogen and oxygen atoms in total. The Kier molecular flexibility index (Phi) is 4.31. The van der Waals surface area contributed by atoms with E-state index in [0.29, 0.717) is 6.61 Å². The smallest absolute Gasteiger partial charge is 0.118 e. The minimum absolute atomic E-state index is 0.102. The van der Waals surface area contributed by atoms with E-state index >= 15 is 0 Å². The number of benzene rings is 1. The average Bonchev–Trinajstić information content (AvgIpc) is 3.07. The van der Waals surface area contributed by atoms with Crippen LogP contribution in [-0.4, -0.2) is 32.6 Å². The summed E-state index contributed by atoms with van der Waals surface area (Å²) in [6.45, 7) is 2.85. The van der Waals surface area contributed by atoms with Crippen molar-refractivity contribution in [2.24, 2.45) is 0 Å². The first-order chi connectivity index (χ1) is 11.9. The molecule has 0 saturated heterocycles. The van der Waals surface area contributed by atoms with Gasteiger partial charge in [-0.2, -0.15) is 0 Å². The van der Waals surface area contributed by atoms with Gasteiger partial charge < -0.3 is 10.1 Å². The summed E-state index contributed by atoms with van der Waals surface area (Å²) in [4.78, 5) is 4.02. The van der Waals surface area contributed by atoms with Crippen LogP contribution in [0.3, 0.4) is 0 Å². The minimum atomic E-state index is 0.102. The van der Waals surface area contributed by atoms with Crippen molar-refractivity contribution in [3.05, 3.63) is 66.1 Å². The molecule has 0 spiro atoms. The fraction of sp³-hybridized carbons (Fsp3) is 0.278. The van der Waals surface area contributed by atoms with E-state index in [0.717, 1.165) is 36.6 Å². The van der Waals surface area contributed by atoms with Crippen LogP contribution in [0.4, 0.5) is 0 Å². The van der Waals surface area contributed by atoms with E-state index in [9.17, 15) is 0 Å². The van der Waals surface area contributed by atoms with Crippen molar-refractivity contribution in [1.29, 1.82) is 0 Å². The van der Waals surface area contributed by atoms with Gasteiger partial charge in [-0.3, -0.25) is 4.98 Å². The van der Waals surface area contributed by atoms with E-state index < -0.39 is 0 Å². The minimum Gasteiger partial charge on any atom is -0.369 e. The Morgan fingerprint density at radius 3 is 2.79 bits per heavy atom. The predicted octanol–water partition coefficient (Wildman–Crippen LogP) is 2.03. The van der Waals surface area contributed by atoms with Crippen LogP contribution in [0.2, 0.25) is 0 Å². The molecule has 1 atom stereocenters. The summed E-state index contributed by atoms with van der Waals surface area (Å²) in [5.74, 6) is 0. The van der Waals surface area contributed by atoms with Crippen LogP contribution in [0.1, 0.15) is 11.3 Å². The molecule has 0 unspecified atom stereocenters. The van der Waals surface area contributed by atoms with E-state index in [1.807, 2.05) is 47.1 Å². The second-order valence-corrected chi connectivity index (χ2v) is 5.85. The Labute approximate surface area is 140 Å². The molecular weight excluding hydrogens is 302 g/mol. The molecule has 4 rings (SSSR count). The summed E-state index contributed by atoms with van der Waals surface area (Å²) in [5.41, 5.74) is 4.26. The number of nitrogens with zero attached hydrogens (tertiary/aromatic N) is 4. The largest absolute Gasteiger partial charge is 0.369 e. The molecule has 1 aliphatic rings. The molecule has 0 aliphatic carbocycles. The van der Waals surface area contributed by atoms with Gasteiger partial charge in [-0.1, -0.05) is 35.5 Å². The van der Waals surface area contributed by atoms with Gasteiger partial charge >= 0.3 is 0 Å². The first-order valence-corrected chi connectivity index (χ1v) is 8.09. The van der Waals surface area contributed by atoms with E-state index in [1.54, 1.807) is 12.4 Å². The van der Waals surface area contributed by atoms with Crippen LogP contribution in [0, 0.1) is 0 Å². The Hall–Kier alpha value is -2.57. The molecule has 1 N–H and O–H groups in total. The number of aromatic nitrogens is 4. The lowest BCUT2D eigenvalue weighted by Gasteiger charge is -2.24. The maximum Gasteiger partial charge on any atom is 0.118 e. The number of ether oxygens (including phenoxy) is 1. The molecule has 0 saturated carbocycles. The second-order valence-electron chi connectivity index (χ2n) is 5.85. The molecule has 0 fully saturated rings. The van der Waals surface area contributed by atoms with Gasteiger partial charge in [-0.25, -0.2) is 4.68 Å². The van der Waals surface area contributed by atoms with Crippen LogP contribution < -0.4 is 5.32 Å². The zero-order valence-corrected chi connectivity index (χ0v) is 13.3. The highest BCUT2D eigenvalue weighted by atomic mass is 16.5. The first kappa shape index (κ1) is 15.0. The molecule has 0 amide bonds. The average molecular weight is 321 g/mol. The molecule has 122 valence electrons. The van der Waals surface area contributed by atoms with E-state index in [2.05, 4.69) is 20.6 Å². The number of pyridine rings is 1. The molecule has 1 aromatic carbocycles.